The first-order chi connectivity index (χ1) is 8.66. The molecule has 0 saturated heterocycles. The van der Waals surface area contributed by atoms with Gasteiger partial charge in [0, 0.05) is 38.1 Å². The van der Waals surface area contributed by atoms with E-state index in [-0.39, 0.29) is 0 Å². The predicted molar refractivity (Wildman–Crippen MR) is 70.4 cm³/mol. The molecule has 0 saturated carbocycles. The van der Waals surface area contributed by atoms with E-state index in [1.165, 1.54) is 12.3 Å². The highest BCUT2D eigenvalue weighted by molar-refractivity contribution is 6.30. The highest BCUT2D eigenvalue weighted by Crippen LogP contribution is 2.18. The van der Waals surface area contributed by atoms with Crippen LogP contribution in [0.4, 0.5) is 10.2 Å². The van der Waals surface area contributed by atoms with E-state index in [0.29, 0.717) is 17.4 Å². The van der Waals surface area contributed by atoms with Crippen LogP contribution in [0.5, 0.6) is 0 Å². The third-order valence-electron chi connectivity index (χ3n) is 2.58. The van der Waals surface area contributed by atoms with Gasteiger partial charge in [-0.25, -0.2) is 9.37 Å². The normalized spacial score (nSPS) is 10.4. The number of hydrogen-bond donors (Lipinski definition) is 0. The van der Waals surface area contributed by atoms with Gasteiger partial charge in [0.2, 0.25) is 0 Å². The summed E-state index contributed by atoms with van der Waals surface area (Å²) in [6, 6.07) is 7.01. The SMILES string of the molecule is CN(CCc1ccccn1)c1ncc(Cl)cc1F. The summed E-state index contributed by atoms with van der Waals surface area (Å²) in [6.45, 7) is 0.641. The first kappa shape index (κ1) is 12.8. The van der Waals surface area contributed by atoms with E-state index >= 15 is 0 Å². The van der Waals surface area contributed by atoms with Crippen LogP contribution in [0.1, 0.15) is 5.69 Å². The Bertz CT molecular complexity index is 519. The summed E-state index contributed by atoms with van der Waals surface area (Å²) in [7, 11) is 1.79. The monoisotopic (exact) mass is 265 g/mol. The number of likely N-dealkylation sites (N-methyl/N-ethyl adjacent to an activating group) is 1. The lowest BCUT2D eigenvalue weighted by Crippen LogP contribution is -2.22. The van der Waals surface area contributed by atoms with Crippen LogP contribution < -0.4 is 4.90 Å². The van der Waals surface area contributed by atoms with Crippen molar-refractivity contribution in [2.45, 2.75) is 6.42 Å². The van der Waals surface area contributed by atoms with E-state index in [1.54, 1.807) is 18.1 Å². The summed E-state index contributed by atoms with van der Waals surface area (Å²) in [5, 5.41) is 0.300. The Balaban J connectivity index is 2.01. The van der Waals surface area contributed by atoms with Crippen molar-refractivity contribution in [3.8, 4) is 0 Å². The van der Waals surface area contributed by atoms with Crippen molar-refractivity contribution < 1.29 is 4.39 Å². The van der Waals surface area contributed by atoms with E-state index in [0.717, 1.165) is 12.1 Å². The van der Waals surface area contributed by atoms with Crippen molar-refractivity contribution in [1.29, 1.82) is 0 Å². The topological polar surface area (TPSA) is 29.0 Å². The van der Waals surface area contributed by atoms with Gasteiger partial charge < -0.3 is 4.90 Å². The maximum Gasteiger partial charge on any atom is 0.167 e. The third kappa shape index (κ3) is 3.17. The second-order valence-corrected chi connectivity index (χ2v) is 4.39. The number of hydrogen-bond acceptors (Lipinski definition) is 3. The fourth-order valence-corrected chi connectivity index (χ4v) is 1.77. The molecule has 0 atom stereocenters. The van der Waals surface area contributed by atoms with E-state index in [1.807, 2.05) is 18.2 Å². The van der Waals surface area contributed by atoms with Crippen molar-refractivity contribution in [2.75, 3.05) is 18.5 Å². The molecular weight excluding hydrogens is 253 g/mol. The van der Waals surface area contributed by atoms with E-state index < -0.39 is 5.82 Å². The number of halogens is 2. The summed E-state index contributed by atoms with van der Waals surface area (Å²) in [6.07, 6.45) is 3.93. The Morgan fingerprint density at radius 2 is 2.17 bits per heavy atom. The second kappa shape index (κ2) is 5.78. The molecule has 0 amide bonds. The zero-order valence-electron chi connectivity index (χ0n) is 9.98. The van der Waals surface area contributed by atoms with Gasteiger partial charge >= 0.3 is 0 Å². The standard InChI is InChI=1S/C13H13ClFN3/c1-18(7-5-11-4-2-3-6-16-11)13-12(15)8-10(14)9-17-13/h2-4,6,8-9H,5,7H2,1H3. The second-order valence-electron chi connectivity index (χ2n) is 3.95. The van der Waals surface area contributed by atoms with Gasteiger partial charge in [-0.15, -0.1) is 0 Å². The zero-order chi connectivity index (χ0) is 13.0. The molecule has 18 heavy (non-hydrogen) atoms. The summed E-state index contributed by atoms with van der Waals surface area (Å²) >= 11 is 5.66. The molecule has 0 aromatic carbocycles. The number of aromatic nitrogens is 2. The van der Waals surface area contributed by atoms with Gasteiger partial charge in [-0.2, -0.15) is 0 Å². The lowest BCUT2D eigenvalue weighted by atomic mass is 10.2. The maximum absolute atomic E-state index is 13.6. The fourth-order valence-electron chi connectivity index (χ4n) is 1.62. The van der Waals surface area contributed by atoms with Crippen LogP contribution in [-0.4, -0.2) is 23.6 Å². The van der Waals surface area contributed by atoms with Gasteiger partial charge in [0.05, 0.1) is 5.02 Å². The summed E-state index contributed by atoms with van der Waals surface area (Å²) < 4.78 is 13.6. The molecule has 0 radical (unpaired) electrons. The minimum Gasteiger partial charge on any atom is -0.357 e. The molecule has 94 valence electrons. The molecule has 0 aliphatic rings. The smallest absolute Gasteiger partial charge is 0.167 e. The van der Waals surface area contributed by atoms with Crippen LogP contribution in [0.3, 0.4) is 0 Å². The molecule has 2 aromatic rings. The van der Waals surface area contributed by atoms with Gasteiger partial charge in [-0.3, -0.25) is 4.98 Å². The summed E-state index contributed by atoms with van der Waals surface area (Å²) in [5.41, 5.74) is 0.971. The van der Waals surface area contributed by atoms with Crippen molar-refractivity contribution in [3.05, 3.63) is 53.2 Å². The molecule has 0 bridgehead atoms. The molecule has 5 heteroatoms. The van der Waals surface area contributed by atoms with Gasteiger partial charge in [0.15, 0.2) is 11.6 Å². The highest BCUT2D eigenvalue weighted by Gasteiger charge is 2.09. The Labute approximate surface area is 110 Å². The Morgan fingerprint density at radius 1 is 1.33 bits per heavy atom. The first-order valence-electron chi connectivity index (χ1n) is 5.59. The molecule has 0 aliphatic heterocycles. The summed E-state index contributed by atoms with van der Waals surface area (Å²) in [4.78, 5) is 9.96. The number of anilines is 1. The Morgan fingerprint density at radius 3 is 2.83 bits per heavy atom. The number of rotatable bonds is 4. The molecule has 3 nitrogen and oxygen atoms in total. The van der Waals surface area contributed by atoms with Crippen LogP contribution in [0, 0.1) is 5.82 Å². The Kier molecular flexibility index (Phi) is 4.10. The molecule has 0 fully saturated rings. The van der Waals surface area contributed by atoms with Gasteiger partial charge in [0.25, 0.3) is 0 Å². The predicted octanol–water partition coefficient (Wildman–Crippen LogP) is 2.95. The van der Waals surface area contributed by atoms with Crippen molar-refractivity contribution in [1.82, 2.24) is 9.97 Å². The van der Waals surface area contributed by atoms with Gasteiger partial charge in [0.1, 0.15) is 0 Å². The lowest BCUT2D eigenvalue weighted by Gasteiger charge is -2.18. The molecule has 2 aromatic heterocycles. The molecular formula is C13H13ClFN3. The van der Waals surface area contributed by atoms with Crippen molar-refractivity contribution >= 4 is 17.4 Å². The average Bonchev–Trinajstić information content (AvgIpc) is 2.37. The lowest BCUT2D eigenvalue weighted by molar-refractivity contribution is 0.614. The van der Waals surface area contributed by atoms with Gasteiger partial charge in [-0.1, -0.05) is 17.7 Å². The largest absolute Gasteiger partial charge is 0.357 e. The van der Waals surface area contributed by atoms with E-state index in [9.17, 15) is 4.39 Å². The van der Waals surface area contributed by atoms with Gasteiger partial charge in [-0.05, 0) is 18.2 Å². The van der Waals surface area contributed by atoms with E-state index in [4.69, 9.17) is 11.6 Å². The first-order valence-corrected chi connectivity index (χ1v) is 5.96. The fraction of sp³-hybridized carbons (Fsp3) is 0.231. The molecule has 0 unspecified atom stereocenters. The minimum atomic E-state index is -0.411. The minimum absolute atomic E-state index is 0.300. The zero-order valence-corrected chi connectivity index (χ0v) is 10.7. The number of pyridine rings is 2. The van der Waals surface area contributed by atoms with Crippen LogP contribution >= 0.6 is 11.6 Å². The molecule has 2 rings (SSSR count). The third-order valence-corrected chi connectivity index (χ3v) is 2.79. The van der Waals surface area contributed by atoms with Crippen LogP contribution in [0.2, 0.25) is 5.02 Å². The molecule has 2 heterocycles. The van der Waals surface area contributed by atoms with Crippen molar-refractivity contribution in [2.24, 2.45) is 0 Å². The summed E-state index contributed by atoms with van der Waals surface area (Å²) in [5.74, 6) is -0.110. The van der Waals surface area contributed by atoms with Crippen molar-refractivity contribution in [3.63, 3.8) is 0 Å². The Hall–Kier alpha value is -1.68. The highest BCUT2D eigenvalue weighted by atomic mass is 35.5. The molecule has 0 spiro atoms. The average molecular weight is 266 g/mol. The van der Waals surface area contributed by atoms with Crippen LogP contribution in [0.15, 0.2) is 36.7 Å². The quantitative estimate of drug-likeness (QED) is 0.851. The van der Waals surface area contributed by atoms with Crippen LogP contribution in [0.25, 0.3) is 0 Å². The number of nitrogens with zero attached hydrogens (tertiary/aromatic N) is 3. The maximum atomic E-state index is 13.6. The van der Waals surface area contributed by atoms with Crippen LogP contribution in [-0.2, 0) is 6.42 Å². The molecule has 0 N–H and O–H groups in total. The molecule has 0 aliphatic carbocycles. The van der Waals surface area contributed by atoms with E-state index in [2.05, 4.69) is 9.97 Å².